The minimum absolute atomic E-state index is 0.0181. The largest absolute Gasteiger partial charge is 0.456 e. The zero-order chi connectivity index (χ0) is 22.2. The fourth-order valence-electron chi connectivity index (χ4n) is 3.46. The van der Waals surface area contributed by atoms with Crippen molar-refractivity contribution < 1.29 is 23.9 Å². The second-order valence-corrected chi connectivity index (χ2v) is 7.56. The number of nitrogens with one attached hydrogen (secondary N) is 1. The van der Waals surface area contributed by atoms with Crippen molar-refractivity contribution >= 4 is 23.7 Å². The molecule has 1 N–H and O–H groups in total. The van der Waals surface area contributed by atoms with Gasteiger partial charge >= 0.3 is 5.97 Å². The first-order valence-corrected chi connectivity index (χ1v) is 10.4. The molecule has 3 rings (SSSR count). The zero-order valence-electron chi connectivity index (χ0n) is 17.5. The van der Waals surface area contributed by atoms with E-state index in [1.54, 1.807) is 24.3 Å². The van der Waals surface area contributed by atoms with Crippen molar-refractivity contribution in [3.05, 3.63) is 71.3 Å². The number of amides is 3. The molecule has 0 saturated carbocycles. The maximum Gasteiger partial charge on any atom is 0.306 e. The minimum atomic E-state index is -0.538. The second-order valence-electron chi connectivity index (χ2n) is 7.56. The first kappa shape index (κ1) is 22.2. The molecule has 7 heteroatoms. The Morgan fingerprint density at radius 3 is 2.23 bits per heavy atom. The smallest absolute Gasteiger partial charge is 0.306 e. The highest BCUT2D eigenvalue weighted by Crippen LogP contribution is 2.22. The normalized spacial score (nSPS) is 13.6. The predicted octanol–water partition coefficient (Wildman–Crippen LogP) is 2.74. The number of hydrogen-bond donors (Lipinski definition) is 1. The van der Waals surface area contributed by atoms with Crippen LogP contribution in [0.15, 0.2) is 54.6 Å². The topological polar surface area (TPSA) is 92.8 Å². The Hall–Kier alpha value is -3.48. The number of ether oxygens (including phenoxy) is 1. The molecule has 2 aromatic rings. The molecule has 0 aromatic heterocycles. The van der Waals surface area contributed by atoms with Gasteiger partial charge in [0.05, 0.1) is 11.1 Å². The Kier molecular flexibility index (Phi) is 7.54. The lowest BCUT2D eigenvalue weighted by Crippen LogP contribution is -2.36. The summed E-state index contributed by atoms with van der Waals surface area (Å²) in [6.45, 7) is 1.69. The summed E-state index contributed by atoms with van der Waals surface area (Å²) in [4.78, 5) is 49.6. The highest BCUT2D eigenvalue weighted by Gasteiger charge is 2.34. The van der Waals surface area contributed by atoms with Gasteiger partial charge in [0, 0.05) is 19.0 Å². The van der Waals surface area contributed by atoms with Crippen LogP contribution in [0.2, 0.25) is 0 Å². The monoisotopic (exact) mass is 422 g/mol. The van der Waals surface area contributed by atoms with Crippen LogP contribution in [0, 0.1) is 0 Å². The molecule has 3 amide bonds. The summed E-state index contributed by atoms with van der Waals surface area (Å²) in [6.07, 6.45) is 1.92. The van der Waals surface area contributed by atoms with Crippen LogP contribution in [-0.2, 0) is 20.7 Å². The van der Waals surface area contributed by atoms with Gasteiger partial charge in [0.2, 0.25) is 0 Å². The van der Waals surface area contributed by atoms with E-state index in [-0.39, 0.29) is 49.8 Å². The van der Waals surface area contributed by atoms with Gasteiger partial charge in [-0.05, 0) is 43.9 Å². The van der Waals surface area contributed by atoms with Crippen molar-refractivity contribution in [2.75, 3.05) is 13.2 Å². The highest BCUT2D eigenvalue weighted by atomic mass is 16.5. The van der Waals surface area contributed by atoms with E-state index in [0.29, 0.717) is 11.1 Å². The summed E-state index contributed by atoms with van der Waals surface area (Å²) in [7, 11) is 0. The number of fused-ring (bicyclic) bond motifs is 1. The summed E-state index contributed by atoms with van der Waals surface area (Å²) in [6, 6.07) is 16.6. The number of carbonyl (C=O) groups is 4. The Morgan fingerprint density at radius 1 is 0.968 bits per heavy atom. The van der Waals surface area contributed by atoms with Crippen molar-refractivity contribution in [1.82, 2.24) is 10.2 Å². The minimum Gasteiger partial charge on any atom is -0.456 e. The molecule has 1 aliphatic rings. The van der Waals surface area contributed by atoms with Gasteiger partial charge in [-0.25, -0.2) is 0 Å². The van der Waals surface area contributed by atoms with Gasteiger partial charge in [-0.1, -0.05) is 42.5 Å². The van der Waals surface area contributed by atoms with E-state index in [1.807, 2.05) is 37.3 Å². The van der Waals surface area contributed by atoms with E-state index in [9.17, 15) is 19.2 Å². The average molecular weight is 422 g/mol. The maximum absolute atomic E-state index is 12.3. The second kappa shape index (κ2) is 10.5. The summed E-state index contributed by atoms with van der Waals surface area (Å²) in [5, 5.41) is 2.81. The molecule has 0 bridgehead atoms. The number of rotatable bonds is 10. The van der Waals surface area contributed by atoms with Crippen molar-refractivity contribution in [2.45, 2.75) is 38.6 Å². The SMILES string of the molecule is C[C@H](CCc1ccccc1)NC(=O)COC(=O)CCCN1C(=O)c2ccccc2C1=O. The molecular weight excluding hydrogens is 396 g/mol. The molecule has 0 aliphatic carbocycles. The Labute approximate surface area is 181 Å². The van der Waals surface area contributed by atoms with Gasteiger partial charge in [-0.15, -0.1) is 0 Å². The number of hydrogen-bond acceptors (Lipinski definition) is 5. The lowest BCUT2D eigenvalue weighted by molar-refractivity contribution is -0.148. The van der Waals surface area contributed by atoms with Gasteiger partial charge in [0.15, 0.2) is 6.61 Å². The molecule has 7 nitrogen and oxygen atoms in total. The molecule has 162 valence electrons. The van der Waals surface area contributed by atoms with Gasteiger partial charge < -0.3 is 10.1 Å². The first-order chi connectivity index (χ1) is 15.0. The first-order valence-electron chi connectivity index (χ1n) is 10.4. The lowest BCUT2D eigenvalue weighted by atomic mass is 10.1. The zero-order valence-corrected chi connectivity index (χ0v) is 17.5. The van der Waals surface area contributed by atoms with Gasteiger partial charge in [-0.3, -0.25) is 24.1 Å². The van der Waals surface area contributed by atoms with Crippen LogP contribution in [-0.4, -0.2) is 47.8 Å². The quantitative estimate of drug-likeness (QED) is 0.469. The highest BCUT2D eigenvalue weighted by molar-refractivity contribution is 6.21. The molecular formula is C24H26N2O5. The molecule has 1 heterocycles. The Bertz CT molecular complexity index is 922. The van der Waals surface area contributed by atoms with Crippen LogP contribution in [0.25, 0.3) is 0 Å². The maximum atomic E-state index is 12.3. The lowest BCUT2D eigenvalue weighted by Gasteiger charge is -2.15. The van der Waals surface area contributed by atoms with E-state index in [0.717, 1.165) is 17.7 Å². The molecule has 0 spiro atoms. The number of nitrogens with zero attached hydrogens (tertiary/aromatic N) is 1. The summed E-state index contributed by atoms with van der Waals surface area (Å²) >= 11 is 0. The molecule has 1 aliphatic heterocycles. The Morgan fingerprint density at radius 2 is 1.58 bits per heavy atom. The van der Waals surface area contributed by atoms with E-state index in [4.69, 9.17) is 4.74 Å². The third-order valence-corrected chi connectivity index (χ3v) is 5.12. The van der Waals surface area contributed by atoms with Crippen molar-refractivity contribution in [1.29, 1.82) is 0 Å². The van der Waals surface area contributed by atoms with Gasteiger partial charge in [0.1, 0.15) is 0 Å². The standard InChI is InChI=1S/C24H26N2O5/c1-17(13-14-18-8-3-2-4-9-18)25-21(27)16-31-22(28)12-7-15-26-23(29)19-10-5-6-11-20(19)24(26)30/h2-6,8-11,17H,7,12-16H2,1H3,(H,25,27)/t17-/m1/s1. The third-order valence-electron chi connectivity index (χ3n) is 5.12. The average Bonchev–Trinajstić information content (AvgIpc) is 3.02. The molecule has 0 saturated heterocycles. The van der Waals surface area contributed by atoms with E-state index >= 15 is 0 Å². The number of esters is 1. The van der Waals surface area contributed by atoms with Crippen LogP contribution in [0.4, 0.5) is 0 Å². The van der Waals surface area contributed by atoms with E-state index < -0.39 is 5.97 Å². The summed E-state index contributed by atoms with van der Waals surface area (Å²) in [5.74, 6) is -1.59. The molecule has 0 radical (unpaired) electrons. The molecule has 0 fully saturated rings. The van der Waals surface area contributed by atoms with Gasteiger partial charge in [0.25, 0.3) is 17.7 Å². The Balaban J connectivity index is 1.32. The fourth-order valence-corrected chi connectivity index (χ4v) is 3.46. The van der Waals surface area contributed by atoms with E-state index in [2.05, 4.69) is 5.32 Å². The van der Waals surface area contributed by atoms with Crippen LogP contribution in [0.5, 0.6) is 0 Å². The summed E-state index contributed by atoms with van der Waals surface area (Å²) in [5.41, 5.74) is 1.97. The van der Waals surface area contributed by atoms with Crippen molar-refractivity contribution in [3.63, 3.8) is 0 Å². The third kappa shape index (κ3) is 6.01. The fraction of sp³-hybridized carbons (Fsp3) is 0.333. The van der Waals surface area contributed by atoms with Crippen molar-refractivity contribution in [3.8, 4) is 0 Å². The van der Waals surface area contributed by atoms with Crippen LogP contribution in [0.3, 0.4) is 0 Å². The van der Waals surface area contributed by atoms with Crippen molar-refractivity contribution in [2.24, 2.45) is 0 Å². The predicted molar refractivity (Wildman–Crippen MR) is 114 cm³/mol. The molecule has 2 aromatic carbocycles. The van der Waals surface area contributed by atoms with Crippen LogP contribution in [0.1, 0.15) is 52.5 Å². The van der Waals surface area contributed by atoms with E-state index in [1.165, 1.54) is 5.56 Å². The van der Waals surface area contributed by atoms with Crippen LogP contribution >= 0.6 is 0 Å². The number of aryl methyl sites for hydroxylation is 1. The molecule has 31 heavy (non-hydrogen) atoms. The number of benzene rings is 2. The summed E-state index contributed by atoms with van der Waals surface area (Å²) < 4.78 is 5.01. The van der Waals surface area contributed by atoms with Crippen LogP contribution < -0.4 is 5.32 Å². The number of imide groups is 1. The number of carbonyl (C=O) groups excluding carboxylic acids is 4. The molecule has 1 atom stereocenters. The van der Waals surface area contributed by atoms with Gasteiger partial charge in [-0.2, -0.15) is 0 Å². The molecule has 0 unspecified atom stereocenters.